The first-order chi connectivity index (χ1) is 10.1. The maximum Gasteiger partial charge on any atom is 0.162 e. The molecule has 0 radical (unpaired) electrons. The molecule has 3 atom stereocenters. The molecule has 21 heavy (non-hydrogen) atoms. The highest BCUT2D eigenvalue weighted by atomic mass is 16.5. The molecule has 1 heterocycles. The minimum Gasteiger partial charge on any atom is -0.493 e. The van der Waals surface area contributed by atoms with Crippen LogP contribution < -0.4 is 4.74 Å². The SMILES string of the molecule is CCC1CCC(C(O)c2c(OC)cnn2CCN(C)C)C1. The first-order valence-corrected chi connectivity index (χ1v) is 7.99. The maximum atomic E-state index is 10.8. The number of aromatic nitrogens is 2. The summed E-state index contributed by atoms with van der Waals surface area (Å²) >= 11 is 0. The van der Waals surface area contributed by atoms with Crippen molar-refractivity contribution in [3.8, 4) is 5.75 Å². The number of ether oxygens (including phenoxy) is 1. The van der Waals surface area contributed by atoms with Crippen molar-refractivity contribution < 1.29 is 9.84 Å². The van der Waals surface area contributed by atoms with Crippen LogP contribution in [-0.4, -0.2) is 47.5 Å². The number of methoxy groups -OCH3 is 1. The number of hydrogen-bond acceptors (Lipinski definition) is 4. The first-order valence-electron chi connectivity index (χ1n) is 7.99. The monoisotopic (exact) mass is 295 g/mol. The van der Waals surface area contributed by atoms with E-state index >= 15 is 0 Å². The Bertz CT molecular complexity index is 445. The van der Waals surface area contributed by atoms with E-state index in [9.17, 15) is 5.11 Å². The van der Waals surface area contributed by atoms with Crippen LogP contribution in [0.25, 0.3) is 0 Å². The number of nitrogens with zero attached hydrogens (tertiary/aromatic N) is 3. The van der Waals surface area contributed by atoms with E-state index in [2.05, 4.69) is 16.9 Å². The fourth-order valence-electron chi connectivity index (χ4n) is 3.30. The predicted molar refractivity (Wildman–Crippen MR) is 83.4 cm³/mol. The molecule has 0 spiro atoms. The van der Waals surface area contributed by atoms with E-state index in [1.807, 2.05) is 18.8 Å². The molecule has 3 unspecified atom stereocenters. The van der Waals surface area contributed by atoms with Gasteiger partial charge in [-0.25, -0.2) is 0 Å². The topological polar surface area (TPSA) is 50.5 Å². The second-order valence-electron chi connectivity index (χ2n) is 6.42. The van der Waals surface area contributed by atoms with Gasteiger partial charge >= 0.3 is 0 Å². The van der Waals surface area contributed by atoms with Crippen LogP contribution in [0.2, 0.25) is 0 Å². The van der Waals surface area contributed by atoms with Gasteiger partial charge in [0.15, 0.2) is 5.75 Å². The molecular weight excluding hydrogens is 266 g/mol. The van der Waals surface area contributed by atoms with Crippen molar-refractivity contribution >= 4 is 0 Å². The Kier molecular flexibility index (Phi) is 5.65. The number of aliphatic hydroxyl groups is 1. The Balaban J connectivity index is 2.14. The molecule has 1 N–H and O–H groups in total. The summed E-state index contributed by atoms with van der Waals surface area (Å²) in [4.78, 5) is 2.12. The van der Waals surface area contributed by atoms with E-state index in [1.54, 1.807) is 13.3 Å². The zero-order valence-electron chi connectivity index (χ0n) is 13.7. The van der Waals surface area contributed by atoms with Crippen molar-refractivity contribution in [3.63, 3.8) is 0 Å². The number of hydrogen-bond donors (Lipinski definition) is 1. The summed E-state index contributed by atoms with van der Waals surface area (Å²) in [5.41, 5.74) is 0.848. The van der Waals surface area contributed by atoms with Crippen LogP contribution in [0.3, 0.4) is 0 Å². The van der Waals surface area contributed by atoms with Crippen molar-refractivity contribution in [1.29, 1.82) is 0 Å². The molecule has 5 nitrogen and oxygen atoms in total. The van der Waals surface area contributed by atoms with Gasteiger partial charge in [0.1, 0.15) is 11.8 Å². The lowest BCUT2D eigenvalue weighted by Gasteiger charge is -2.21. The van der Waals surface area contributed by atoms with Crippen LogP contribution in [-0.2, 0) is 6.54 Å². The molecule has 2 rings (SSSR count). The van der Waals surface area contributed by atoms with E-state index in [-0.39, 0.29) is 0 Å². The van der Waals surface area contributed by atoms with Crippen LogP contribution in [0.15, 0.2) is 6.20 Å². The molecule has 1 fully saturated rings. The van der Waals surface area contributed by atoms with Gasteiger partial charge in [0.25, 0.3) is 0 Å². The molecule has 1 aliphatic rings. The standard InChI is InChI=1S/C16H29N3O2/c1-5-12-6-7-13(10-12)16(20)15-14(21-4)11-17-19(15)9-8-18(2)3/h11-13,16,20H,5-10H2,1-4H3. The fraction of sp³-hybridized carbons (Fsp3) is 0.812. The van der Waals surface area contributed by atoms with Crippen molar-refractivity contribution in [3.05, 3.63) is 11.9 Å². The predicted octanol–water partition coefficient (Wildman–Crippen LogP) is 2.31. The molecule has 0 aromatic carbocycles. The summed E-state index contributed by atoms with van der Waals surface area (Å²) in [7, 11) is 5.73. The molecule has 0 aliphatic heterocycles. The zero-order valence-corrected chi connectivity index (χ0v) is 13.7. The molecule has 0 saturated heterocycles. The summed E-state index contributed by atoms with van der Waals surface area (Å²) in [6.07, 6.45) is 5.90. The summed E-state index contributed by atoms with van der Waals surface area (Å²) < 4.78 is 7.32. The lowest BCUT2D eigenvalue weighted by atomic mass is 9.95. The highest BCUT2D eigenvalue weighted by molar-refractivity contribution is 5.28. The van der Waals surface area contributed by atoms with E-state index in [1.165, 1.54) is 12.8 Å². The molecule has 1 aromatic rings. The molecular formula is C16H29N3O2. The fourth-order valence-corrected chi connectivity index (χ4v) is 3.30. The van der Waals surface area contributed by atoms with E-state index in [0.29, 0.717) is 11.7 Å². The first kappa shape index (κ1) is 16.3. The average molecular weight is 295 g/mol. The highest BCUT2D eigenvalue weighted by Crippen LogP contribution is 2.42. The van der Waals surface area contributed by atoms with Crippen LogP contribution in [0.5, 0.6) is 5.75 Å². The Morgan fingerprint density at radius 3 is 2.81 bits per heavy atom. The third-order valence-corrected chi connectivity index (χ3v) is 4.71. The summed E-state index contributed by atoms with van der Waals surface area (Å²) in [5.74, 6) is 1.80. The Labute approximate surface area is 127 Å². The highest BCUT2D eigenvalue weighted by Gasteiger charge is 2.33. The van der Waals surface area contributed by atoms with Gasteiger partial charge in [-0.05, 0) is 38.8 Å². The van der Waals surface area contributed by atoms with Gasteiger partial charge in [-0.15, -0.1) is 0 Å². The van der Waals surface area contributed by atoms with Crippen LogP contribution in [0.4, 0.5) is 0 Å². The van der Waals surface area contributed by atoms with Crippen molar-refractivity contribution in [2.45, 2.75) is 45.3 Å². The minimum absolute atomic E-state index is 0.332. The van der Waals surface area contributed by atoms with Crippen LogP contribution in [0.1, 0.15) is 44.4 Å². The number of aliphatic hydroxyl groups excluding tert-OH is 1. The lowest BCUT2D eigenvalue weighted by Crippen LogP contribution is -2.22. The molecule has 0 bridgehead atoms. The summed E-state index contributed by atoms with van der Waals surface area (Å²) in [6.45, 7) is 3.90. The average Bonchev–Trinajstić information content (AvgIpc) is 3.10. The molecule has 120 valence electrons. The van der Waals surface area contributed by atoms with Crippen molar-refractivity contribution in [2.75, 3.05) is 27.7 Å². The van der Waals surface area contributed by atoms with Crippen LogP contribution >= 0.6 is 0 Å². The van der Waals surface area contributed by atoms with E-state index in [0.717, 1.165) is 37.5 Å². The Morgan fingerprint density at radius 1 is 1.48 bits per heavy atom. The molecule has 0 amide bonds. The van der Waals surface area contributed by atoms with Crippen molar-refractivity contribution in [2.24, 2.45) is 11.8 Å². The second kappa shape index (κ2) is 7.27. The van der Waals surface area contributed by atoms with E-state index < -0.39 is 6.10 Å². The van der Waals surface area contributed by atoms with Crippen LogP contribution in [0, 0.1) is 11.8 Å². The summed E-state index contributed by atoms with van der Waals surface area (Å²) in [6, 6.07) is 0. The van der Waals surface area contributed by atoms with Gasteiger partial charge in [-0.2, -0.15) is 5.10 Å². The normalized spacial score (nSPS) is 23.7. The van der Waals surface area contributed by atoms with Gasteiger partial charge in [0.2, 0.25) is 0 Å². The van der Waals surface area contributed by atoms with Gasteiger partial charge in [-0.1, -0.05) is 19.8 Å². The number of rotatable bonds is 7. The maximum absolute atomic E-state index is 10.8. The second-order valence-corrected chi connectivity index (χ2v) is 6.42. The van der Waals surface area contributed by atoms with Gasteiger partial charge in [0.05, 0.1) is 19.9 Å². The largest absolute Gasteiger partial charge is 0.493 e. The Hall–Kier alpha value is -1.07. The van der Waals surface area contributed by atoms with Crippen molar-refractivity contribution in [1.82, 2.24) is 14.7 Å². The zero-order chi connectivity index (χ0) is 15.4. The van der Waals surface area contributed by atoms with Gasteiger partial charge in [0, 0.05) is 6.54 Å². The minimum atomic E-state index is -0.471. The number of likely N-dealkylation sites (N-methyl/N-ethyl adjacent to an activating group) is 1. The molecule has 1 aliphatic carbocycles. The third-order valence-electron chi connectivity index (χ3n) is 4.71. The third kappa shape index (κ3) is 3.77. The molecule has 1 saturated carbocycles. The summed E-state index contributed by atoms with van der Waals surface area (Å²) in [5, 5.41) is 15.2. The quantitative estimate of drug-likeness (QED) is 0.838. The van der Waals surface area contributed by atoms with Gasteiger partial charge in [-0.3, -0.25) is 4.68 Å². The molecule has 5 heteroatoms. The molecule has 1 aromatic heterocycles. The van der Waals surface area contributed by atoms with Gasteiger partial charge < -0.3 is 14.7 Å². The lowest BCUT2D eigenvalue weighted by molar-refractivity contribution is 0.0960. The Morgan fingerprint density at radius 2 is 2.24 bits per heavy atom. The smallest absolute Gasteiger partial charge is 0.162 e. The van der Waals surface area contributed by atoms with E-state index in [4.69, 9.17) is 4.74 Å².